The number of carbonyl (C=O) groups is 2. The lowest BCUT2D eigenvalue weighted by Crippen LogP contribution is -2.38. The van der Waals surface area contributed by atoms with Crippen LogP contribution in [0.2, 0.25) is 0 Å². The molecule has 1 aliphatic heterocycles. The lowest BCUT2D eigenvalue weighted by atomic mass is 9.93. The van der Waals surface area contributed by atoms with Crippen molar-refractivity contribution in [1.82, 2.24) is 4.90 Å². The minimum atomic E-state index is -0.577. The van der Waals surface area contributed by atoms with Crippen LogP contribution in [0.5, 0.6) is 0 Å². The Kier molecular flexibility index (Phi) is 6.04. The summed E-state index contributed by atoms with van der Waals surface area (Å²) in [5.41, 5.74) is 0.446. The highest BCUT2D eigenvalue weighted by atomic mass is 32.2. The number of carbonyl (C=O) groups excluding carboxylic acids is 2. The maximum absolute atomic E-state index is 12.9. The van der Waals surface area contributed by atoms with E-state index in [-0.39, 0.29) is 24.0 Å². The summed E-state index contributed by atoms with van der Waals surface area (Å²) in [6.07, 6.45) is 2.66. The van der Waals surface area contributed by atoms with Gasteiger partial charge in [-0.25, -0.2) is 4.79 Å². The molecule has 148 valence electrons. The molecule has 1 aliphatic carbocycles. The fraction of sp³-hybridized carbons (Fsp3) is 0.619. The Labute approximate surface area is 165 Å². The molecule has 1 saturated heterocycles. The van der Waals surface area contributed by atoms with Crippen LogP contribution in [-0.4, -0.2) is 41.0 Å². The highest BCUT2D eigenvalue weighted by Crippen LogP contribution is 2.46. The molecule has 2 atom stereocenters. The number of ether oxygens (including phenoxy) is 2. The maximum Gasteiger partial charge on any atom is 0.410 e. The maximum atomic E-state index is 12.9. The average molecular weight is 392 g/mol. The van der Waals surface area contributed by atoms with E-state index >= 15 is 0 Å². The fourth-order valence-electron chi connectivity index (χ4n) is 3.40. The lowest BCUT2D eigenvalue weighted by molar-refractivity contribution is -0.148. The van der Waals surface area contributed by atoms with Crippen molar-refractivity contribution < 1.29 is 19.1 Å². The van der Waals surface area contributed by atoms with Crippen molar-refractivity contribution in [3.05, 3.63) is 29.8 Å². The van der Waals surface area contributed by atoms with Crippen molar-refractivity contribution in [2.75, 3.05) is 13.2 Å². The number of esters is 1. The summed E-state index contributed by atoms with van der Waals surface area (Å²) in [6, 6.07) is 7.76. The Balaban J connectivity index is 1.93. The summed E-state index contributed by atoms with van der Waals surface area (Å²) in [7, 11) is 0. The molecule has 1 aromatic rings. The molecular formula is C21H29NO4S. The van der Waals surface area contributed by atoms with Crippen molar-refractivity contribution >= 4 is 23.8 Å². The molecule has 27 heavy (non-hydrogen) atoms. The Morgan fingerprint density at radius 2 is 1.89 bits per heavy atom. The summed E-state index contributed by atoms with van der Waals surface area (Å²) in [4.78, 5) is 28.3. The van der Waals surface area contributed by atoms with Gasteiger partial charge in [0.2, 0.25) is 0 Å². The van der Waals surface area contributed by atoms with E-state index in [9.17, 15) is 9.59 Å². The Morgan fingerprint density at radius 3 is 2.52 bits per heavy atom. The first-order valence-corrected chi connectivity index (χ1v) is 10.6. The van der Waals surface area contributed by atoms with Gasteiger partial charge in [-0.15, -0.1) is 11.8 Å². The Hall–Kier alpha value is -1.69. The molecule has 1 heterocycles. The van der Waals surface area contributed by atoms with E-state index in [1.807, 2.05) is 57.7 Å². The molecule has 1 amide bonds. The van der Waals surface area contributed by atoms with Gasteiger partial charge in [0, 0.05) is 16.7 Å². The van der Waals surface area contributed by atoms with Crippen LogP contribution in [-0.2, 0) is 14.3 Å². The van der Waals surface area contributed by atoms with Crippen LogP contribution in [0.1, 0.15) is 58.6 Å². The van der Waals surface area contributed by atoms with Crippen LogP contribution in [0.25, 0.3) is 0 Å². The van der Waals surface area contributed by atoms with E-state index in [1.165, 1.54) is 12.8 Å². The van der Waals surface area contributed by atoms with Crippen molar-refractivity contribution in [2.45, 2.75) is 68.7 Å². The van der Waals surface area contributed by atoms with Crippen LogP contribution in [0, 0.1) is 5.92 Å². The number of hydrogen-bond acceptors (Lipinski definition) is 5. The van der Waals surface area contributed by atoms with Crippen molar-refractivity contribution in [1.29, 1.82) is 0 Å². The van der Waals surface area contributed by atoms with Gasteiger partial charge in [0.1, 0.15) is 5.60 Å². The third kappa shape index (κ3) is 4.98. The number of thioether (sulfide) groups is 1. The standard InChI is InChI=1S/C21H29NO4S/c1-5-25-19(23)16-12-13-22(20(24)26-21(2,3)4)18(16)15-8-6-7-9-17(15)27-14-10-11-14/h6-9,14,16,18H,5,10-13H2,1-4H3. The first-order valence-electron chi connectivity index (χ1n) is 9.72. The molecule has 3 rings (SSSR count). The third-order valence-electron chi connectivity index (χ3n) is 4.67. The SMILES string of the molecule is CCOC(=O)C1CCN(C(=O)OC(C)(C)C)C1c1ccccc1SC1CC1. The summed E-state index contributed by atoms with van der Waals surface area (Å²) >= 11 is 1.85. The number of nitrogens with zero attached hydrogens (tertiary/aromatic N) is 1. The molecule has 0 radical (unpaired) electrons. The predicted octanol–water partition coefficient (Wildman–Crippen LogP) is 4.80. The Bertz CT molecular complexity index is 696. The molecule has 2 aliphatic rings. The third-order valence-corrected chi connectivity index (χ3v) is 6.10. The van der Waals surface area contributed by atoms with Gasteiger partial charge in [-0.2, -0.15) is 0 Å². The normalized spacial score (nSPS) is 22.6. The van der Waals surface area contributed by atoms with E-state index in [2.05, 4.69) is 6.07 Å². The van der Waals surface area contributed by atoms with Crippen molar-refractivity contribution in [3.63, 3.8) is 0 Å². The highest BCUT2D eigenvalue weighted by molar-refractivity contribution is 8.00. The molecule has 5 nitrogen and oxygen atoms in total. The molecule has 2 unspecified atom stereocenters. The molecule has 0 aromatic heterocycles. The summed E-state index contributed by atoms with van der Waals surface area (Å²) in [5, 5.41) is 0.642. The molecular weight excluding hydrogens is 362 g/mol. The topological polar surface area (TPSA) is 55.8 Å². The summed E-state index contributed by atoms with van der Waals surface area (Å²) < 4.78 is 10.9. The molecule has 1 saturated carbocycles. The van der Waals surface area contributed by atoms with Crippen molar-refractivity contribution in [3.8, 4) is 0 Å². The second-order valence-electron chi connectivity index (χ2n) is 8.12. The molecule has 1 aromatic carbocycles. The molecule has 0 bridgehead atoms. The number of amides is 1. The van der Waals surface area contributed by atoms with Crippen LogP contribution < -0.4 is 0 Å². The van der Waals surface area contributed by atoms with E-state index in [4.69, 9.17) is 9.47 Å². The minimum absolute atomic E-state index is 0.236. The van der Waals surface area contributed by atoms with Crippen LogP contribution >= 0.6 is 11.8 Å². The Morgan fingerprint density at radius 1 is 1.19 bits per heavy atom. The number of likely N-dealkylation sites (tertiary alicyclic amines) is 1. The quantitative estimate of drug-likeness (QED) is 0.675. The summed E-state index contributed by atoms with van der Waals surface area (Å²) in [5.74, 6) is -0.599. The van der Waals surface area contributed by atoms with Gasteiger partial charge in [0.05, 0.1) is 18.6 Å². The van der Waals surface area contributed by atoms with Gasteiger partial charge < -0.3 is 14.4 Å². The zero-order valence-corrected chi connectivity index (χ0v) is 17.4. The minimum Gasteiger partial charge on any atom is -0.466 e. The molecule has 2 fully saturated rings. The van der Waals surface area contributed by atoms with Crippen molar-refractivity contribution in [2.24, 2.45) is 5.92 Å². The zero-order valence-electron chi connectivity index (χ0n) is 16.6. The number of hydrogen-bond donors (Lipinski definition) is 0. The van der Waals surface area contributed by atoms with Gasteiger partial charge in [-0.3, -0.25) is 4.79 Å². The van der Waals surface area contributed by atoms with E-state index in [1.54, 1.807) is 4.90 Å². The van der Waals surface area contributed by atoms with Crippen LogP contribution in [0.15, 0.2) is 29.2 Å². The average Bonchev–Trinajstić information content (AvgIpc) is 3.28. The summed E-state index contributed by atoms with van der Waals surface area (Å²) in [6.45, 7) is 8.21. The van der Waals surface area contributed by atoms with Gasteiger partial charge in [0.15, 0.2) is 0 Å². The first kappa shape index (κ1) is 20.1. The first-order chi connectivity index (χ1) is 12.8. The zero-order chi connectivity index (χ0) is 19.6. The highest BCUT2D eigenvalue weighted by Gasteiger charge is 2.45. The van der Waals surface area contributed by atoms with E-state index < -0.39 is 5.60 Å². The largest absolute Gasteiger partial charge is 0.466 e. The lowest BCUT2D eigenvalue weighted by Gasteiger charge is -2.31. The smallest absolute Gasteiger partial charge is 0.410 e. The van der Waals surface area contributed by atoms with Gasteiger partial charge in [-0.05, 0) is 58.6 Å². The second kappa shape index (κ2) is 8.13. The van der Waals surface area contributed by atoms with Crippen LogP contribution in [0.3, 0.4) is 0 Å². The predicted molar refractivity (Wildman–Crippen MR) is 106 cm³/mol. The molecule has 0 spiro atoms. The van der Waals surface area contributed by atoms with Gasteiger partial charge >= 0.3 is 12.1 Å². The second-order valence-corrected chi connectivity index (χ2v) is 9.46. The van der Waals surface area contributed by atoms with Crippen LogP contribution in [0.4, 0.5) is 4.79 Å². The van der Waals surface area contributed by atoms with Gasteiger partial charge in [0.25, 0.3) is 0 Å². The van der Waals surface area contributed by atoms with E-state index in [0.29, 0.717) is 24.8 Å². The van der Waals surface area contributed by atoms with E-state index in [0.717, 1.165) is 10.5 Å². The number of rotatable bonds is 5. The molecule has 0 N–H and O–H groups in total. The monoisotopic (exact) mass is 391 g/mol. The fourth-order valence-corrected chi connectivity index (χ4v) is 4.61. The number of benzene rings is 1. The molecule has 6 heteroatoms. The van der Waals surface area contributed by atoms with Gasteiger partial charge in [-0.1, -0.05) is 18.2 Å².